The number of rotatable bonds is 8. The van der Waals surface area contributed by atoms with Gasteiger partial charge in [0.1, 0.15) is 5.75 Å². The van der Waals surface area contributed by atoms with Crippen LogP contribution in [0.5, 0.6) is 5.75 Å². The quantitative estimate of drug-likeness (QED) is 0.734. The second-order valence-electron chi connectivity index (χ2n) is 7.11. The highest BCUT2D eigenvalue weighted by Gasteiger charge is 2.21. The molecule has 1 saturated carbocycles. The number of sulfonamides is 1. The third-order valence-corrected chi connectivity index (χ3v) is 5.93. The number of nitrogens with zero attached hydrogens (tertiary/aromatic N) is 1. The second-order valence-corrected chi connectivity index (χ2v) is 9.10. The Morgan fingerprint density at radius 1 is 1.07 bits per heavy atom. The molecule has 28 heavy (non-hydrogen) atoms. The van der Waals surface area contributed by atoms with Crippen LogP contribution in [-0.4, -0.2) is 37.5 Å². The lowest BCUT2D eigenvalue weighted by atomic mass is 10.2. The third-order valence-electron chi connectivity index (χ3n) is 4.73. The van der Waals surface area contributed by atoms with Crippen LogP contribution in [0.2, 0.25) is 0 Å². The van der Waals surface area contributed by atoms with Crippen molar-refractivity contribution >= 4 is 21.6 Å². The molecule has 0 saturated heterocycles. The van der Waals surface area contributed by atoms with Gasteiger partial charge in [-0.05, 0) is 55.5 Å². The minimum atomic E-state index is -3.52. The van der Waals surface area contributed by atoms with Crippen LogP contribution in [0, 0.1) is 0 Å². The maximum atomic E-state index is 12.4. The topological polar surface area (TPSA) is 75.7 Å². The Morgan fingerprint density at radius 3 is 2.32 bits per heavy atom. The molecule has 0 heterocycles. The largest absolute Gasteiger partial charge is 0.490 e. The molecule has 7 heteroatoms. The molecule has 0 radical (unpaired) electrons. The molecule has 0 bridgehead atoms. The van der Waals surface area contributed by atoms with E-state index in [1.54, 1.807) is 12.1 Å². The zero-order chi connectivity index (χ0) is 20.0. The molecule has 0 atom stereocenters. The molecular formula is C21H26N2O4S. The van der Waals surface area contributed by atoms with Crippen LogP contribution in [0.15, 0.2) is 54.6 Å². The molecule has 1 aliphatic carbocycles. The Kier molecular flexibility index (Phi) is 6.70. The average Bonchev–Trinajstić information content (AvgIpc) is 3.16. The van der Waals surface area contributed by atoms with Crippen molar-refractivity contribution in [3.8, 4) is 5.75 Å². The zero-order valence-electron chi connectivity index (χ0n) is 16.0. The molecule has 2 aromatic rings. The fraction of sp³-hybridized carbons (Fsp3) is 0.381. The van der Waals surface area contributed by atoms with Crippen LogP contribution in [0.4, 0.5) is 5.69 Å². The fourth-order valence-corrected chi connectivity index (χ4v) is 3.99. The monoisotopic (exact) mass is 402 g/mol. The molecule has 1 fully saturated rings. The molecule has 1 aliphatic rings. The number of hydrogen-bond donors (Lipinski definition) is 1. The van der Waals surface area contributed by atoms with Crippen LogP contribution in [-0.2, 0) is 21.4 Å². The van der Waals surface area contributed by atoms with Crippen LogP contribution in [0.3, 0.4) is 0 Å². The van der Waals surface area contributed by atoms with Gasteiger partial charge in [0.15, 0.2) is 0 Å². The minimum absolute atomic E-state index is 0.154. The van der Waals surface area contributed by atoms with Crippen LogP contribution in [0.25, 0.3) is 0 Å². The van der Waals surface area contributed by atoms with Gasteiger partial charge in [0.2, 0.25) is 15.9 Å². The highest BCUT2D eigenvalue weighted by atomic mass is 32.2. The summed E-state index contributed by atoms with van der Waals surface area (Å²) in [5, 5.41) is 2.75. The molecule has 6 nitrogen and oxygen atoms in total. The van der Waals surface area contributed by atoms with E-state index in [0.29, 0.717) is 5.69 Å². The molecule has 3 rings (SSSR count). The highest BCUT2D eigenvalue weighted by molar-refractivity contribution is 7.88. The first-order chi connectivity index (χ1) is 13.4. The fourth-order valence-electron chi connectivity index (χ4n) is 3.25. The Hall–Kier alpha value is -2.38. The third kappa shape index (κ3) is 6.07. The summed E-state index contributed by atoms with van der Waals surface area (Å²) < 4.78 is 31.2. The van der Waals surface area contributed by atoms with Gasteiger partial charge in [-0.2, -0.15) is 4.31 Å². The number of ether oxygens (including phenoxy) is 1. The number of hydrogen-bond acceptors (Lipinski definition) is 4. The molecule has 150 valence electrons. The Morgan fingerprint density at radius 2 is 1.71 bits per heavy atom. The van der Waals surface area contributed by atoms with Gasteiger partial charge in [-0.15, -0.1) is 0 Å². The summed E-state index contributed by atoms with van der Waals surface area (Å²) in [5.41, 5.74) is 1.44. The predicted molar refractivity (Wildman–Crippen MR) is 110 cm³/mol. The summed E-state index contributed by atoms with van der Waals surface area (Å²) in [5.74, 6) is 0.401. The van der Waals surface area contributed by atoms with Crippen molar-refractivity contribution in [1.29, 1.82) is 0 Å². The Bertz CT molecular complexity index is 876. The van der Waals surface area contributed by atoms with Gasteiger partial charge >= 0.3 is 0 Å². The van der Waals surface area contributed by atoms with Crippen molar-refractivity contribution in [1.82, 2.24) is 4.31 Å². The predicted octanol–water partition coefficient (Wildman–Crippen LogP) is 3.41. The van der Waals surface area contributed by atoms with Crippen LogP contribution < -0.4 is 10.1 Å². The summed E-state index contributed by atoms with van der Waals surface area (Å²) in [7, 11) is -3.52. The lowest BCUT2D eigenvalue weighted by Crippen LogP contribution is -2.36. The molecule has 0 aromatic heterocycles. The lowest BCUT2D eigenvalue weighted by Gasteiger charge is -2.19. The number of nitrogens with one attached hydrogen (secondary N) is 1. The van der Waals surface area contributed by atoms with E-state index in [9.17, 15) is 13.2 Å². The van der Waals surface area contributed by atoms with E-state index in [0.717, 1.165) is 34.7 Å². The van der Waals surface area contributed by atoms with Gasteiger partial charge < -0.3 is 10.1 Å². The Labute approximate surface area is 166 Å². The van der Waals surface area contributed by atoms with Crippen molar-refractivity contribution in [2.24, 2.45) is 0 Å². The van der Waals surface area contributed by atoms with Crippen molar-refractivity contribution in [2.45, 2.75) is 38.3 Å². The number of carbonyl (C=O) groups excluding carboxylic acids is 1. The molecule has 0 aliphatic heterocycles. The molecule has 2 aromatic carbocycles. The van der Waals surface area contributed by atoms with E-state index in [1.807, 2.05) is 42.5 Å². The molecule has 1 amide bonds. The van der Waals surface area contributed by atoms with Crippen LogP contribution in [0.1, 0.15) is 31.2 Å². The number of anilines is 1. The summed E-state index contributed by atoms with van der Waals surface area (Å²) in [6.07, 6.45) is 5.97. The summed E-state index contributed by atoms with van der Waals surface area (Å²) in [6, 6.07) is 16.4. The number of benzene rings is 2. The standard InChI is InChI=1S/C21H26N2O4S/c1-28(25,26)23(15-17-7-3-2-4-8-17)16-21(24)22-18-11-13-20(14-12-18)27-19-9-5-6-10-19/h2-4,7-8,11-14,19H,5-6,9-10,15-16H2,1H3,(H,22,24). The van der Waals surface area contributed by atoms with Crippen molar-refractivity contribution in [3.05, 3.63) is 60.2 Å². The van der Waals surface area contributed by atoms with E-state index in [1.165, 1.54) is 12.8 Å². The van der Waals surface area contributed by atoms with E-state index in [4.69, 9.17) is 4.74 Å². The maximum Gasteiger partial charge on any atom is 0.239 e. The molecular weight excluding hydrogens is 376 g/mol. The van der Waals surface area contributed by atoms with E-state index >= 15 is 0 Å². The van der Waals surface area contributed by atoms with Gasteiger partial charge in [0.05, 0.1) is 18.9 Å². The van der Waals surface area contributed by atoms with Gasteiger partial charge in [-0.3, -0.25) is 4.79 Å². The summed E-state index contributed by atoms with van der Waals surface area (Å²) in [6.45, 7) is -0.0880. The van der Waals surface area contributed by atoms with E-state index < -0.39 is 10.0 Å². The van der Waals surface area contributed by atoms with Gasteiger partial charge in [-0.1, -0.05) is 30.3 Å². The first kappa shape index (κ1) is 20.4. The molecule has 1 N–H and O–H groups in total. The summed E-state index contributed by atoms with van der Waals surface area (Å²) in [4.78, 5) is 12.4. The summed E-state index contributed by atoms with van der Waals surface area (Å²) >= 11 is 0. The average molecular weight is 403 g/mol. The SMILES string of the molecule is CS(=O)(=O)N(CC(=O)Nc1ccc(OC2CCCC2)cc1)Cc1ccccc1. The van der Waals surface area contributed by atoms with Gasteiger partial charge in [0, 0.05) is 12.2 Å². The Balaban J connectivity index is 1.57. The first-order valence-electron chi connectivity index (χ1n) is 9.46. The zero-order valence-corrected chi connectivity index (χ0v) is 16.8. The second kappa shape index (κ2) is 9.21. The van der Waals surface area contributed by atoms with Gasteiger partial charge in [0.25, 0.3) is 0 Å². The van der Waals surface area contributed by atoms with Crippen molar-refractivity contribution in [3.63, 3.8) is 0 Å². The number of carbonyl (C=O) groups is 1. The normalized spacial score (nSPS) is 14.9. The lowest BCUT2D eigenvalue weighted by molar-refractivity contribution is -0.116. The van der Waals surface area contributed by atoms with E-state index in [2.05, 4.69) is 5.32 Å². The molecule has 0 unspecified atom stereocenters. The molecule has 0 spiro atoms. The minimum Gasteiger partial charge on any atom is -0.490 e. The highest BCUT2D eigenvalue weighted by Crippen LogP contribution is 2.25. The van der Waals surface area contributed by atoms with Crippen molar-refractivity contribution in [2.75, 3.05) is 18.1 Å². The maximum absolute atomic E-state index is 12.4. The first-order valence-corrected chi connectivity index (χ1v) is 11.3. The smallest absolute Gasteiger partial charge is 0.239 e. The van der Waals surface area contributed by atoms with Gasteiger partial charge in [-0.25, -0.2) is 8.42 Å². The number of amides is 1. The van der Waals surface area contributed by atoms with E-state index in [-0.39, 0.29) is 25.1 Å². The van der Waals surface area contributed by atoms with Crippen molar-refractivity contribution < 1.29 is 17.9 Å². The van der Waals surface area contributed by atoms with Crippen LogP contribution >= 0.6 is 0 Å².